The summed E-state index contributed by atoms with van der Waals surface area (Å²) in [6, 6.07) is 6.58. The predicted molar refractivity (Wildman–Crippen MR) is 137 cm³/mol. The van der Waals surface area contributed by atoms with E-state index >= 15 is 0 Å². The quantitative estimate of drug-likeness (QED) is 0.0627. The zero-order chi connectivity index (χ0) is 26.9. The standard InChI is InChI=1S/C23H39N9O4/c24-11-5-4-9-18(32-21(35)16(25)13-15-7-2-1-3-8-15)22(36)30-14-19(33)31-17(20(26)34)10-6-12-29-23(27)28/h1-3,7-8,16-18H,4-6,9-14,24-25H2,(H2,26,34)(H,30,36)(H,31,33)(H,32,35)(H4,27,28,29)/t16-,17-,18-/m0/s1. The van der Waals surface area contributed by atoms with Crippen molar-refractivity contribution < 1.29 is 19.2 Å². The van der Waals surface area contributed by atoms with E-state index in [4.69, 9.17) is 28.7 Å². The summed E-state index contributed by atoms with van der Waals surface area (Å²) in [5.74, 6) is -2.44. The van der Waals surface area contributed by atoms with Gasteiger partial charge in [-0.05, 0) is 50.6 Å². The molecule has 13 nitrogen and oxygen atoms in total. The van der Waals surface area contributed by atoms with Crippen LogP contribution in [0, 0.1) is 0 Å². The number of hydrogen-bond acceptors (Lipinski definition) is 7. The van der Waals surface area contributed by atoms with Crippen LogP contribution in [0.1, 0.15) is 37.7 Å². The minimum atomic E-state index is -0.945. The Hall–Kier alpha value is -3.71. The van der Waals surface area contributed by atoms with E-state index in [2.05, 4.69) is 20.9 Å². The number of rotatable bonds is 17. The number of carbonyl (C=O) groups is 4. The Kier molecular flexibility index (Phi) is 14.2. The van der Waals surface area contributed by atoms with E-state index in [-0.39, 0.29) is 18.9 Å². The lowest BCUT2D eigenvalue weighted by molar-refractivity contribution is -0.131. The van der Waals surface area contributed by atoms with E-state index in [0.29, 0.717) is 38.6 Å². The largest absolute Gasteiger partial charge is 0.370 e. The molecule has 1 aromatic carbocycles. The molecule has 3 atom stereocenters. The summed E-state index contributed by atoms with van der Waals surface area (Å²) in [5, 5.41) is 7.63. The maximum atomic E-state index is 12.7. The van der Waals surface area contributed by atoms with Crippen LogP contribution < -0.4 is 44.6 Å². The van der Waals surface area contributed by atoms with Gasteiger partial charge in [-0.2, -0.15) is 0 Å². The second-order valence-electron chi connectivity index (χ2n) is 8.33. The number of nitrogens with one attached hydrogen (secondary N) is 3. The molecule has 13 N–H and O–H groups in total. The van der Waals surface area contributed by atoms with Gasteiger partial charge in [-0.1, -0.05) is 30.3 Å². The van der Waals surface area contributed by atoms with E-state index in [1.54, 1.807) is 0 Å². The number of guanidine groups is 1. The Labute approximate surface area is 211 Å². The minimum Gasteiger partial charge on any atom is -0.370 e. The highest BCUT2D eigenvalue weighted by molar-refractivity contribution is 5.93. The number of unbranched alkanes of at least 4 members (excludes halogenated alkanes) is 1. The molecule has 0 radical (unpaired) electrons. The Bertz CT molecular complexity index is 876. The number of primary amides is 1. The van der Waals surface area contributed by atoms with Crippen LogP contribution in [-0.2, 0) is 25.6 Å². The maximum absolute atomic E-state index is 12.7. The maximum Gasteiger partial charge on any atom is 0.243 e. The fraction of sp³-hybridized carbons (Fsp3) is 0.522. The number of aliphatic imine (C=N–C) groups is 1. The number of hydrogen-bond donors (Lipinski definition) is 8. The second-order valence-corrected chi connectivity index (χ2v) is 8.33. The highest BCUT2D eigenvalue weighted by Crippen LogP contribution is 2.05. The molecular weight excluding hydrogens is 466 g/mol. The fourth-order valence-corrected chi connectivity index (χ4v) is 3.33. The lowest BCUT2D eigenvalue weighted by atomic mass is 10.0. The van der Waals surface area contributed by atoms with Crippen LogP contribution in [0.4, 0.5) is 0 Å². The summed E-state index contributed by atoms with van der Waals surface area (Å²) in [7, 11) is 0. The topological polar surface area (TPSA) is 247 Å². The highest BCUT2D eigenvalue weighted by atomic mass is 16.2. The molecule has 0 bridgehead atoms. The monoisotopic (exact) mass is 505 g/mol. The van der Waals surface area contributed by atoms with Crippen molar-refractivity contribution in [3.8, 4) is 0 Å². The predicted octanol–water partition coefficient (Wildman–Crippen LogP) is -2.69. The van der Waals surface area contributed by atoms with Crippen molar-refractivity contribution in [2.24, 2.45) is 33.7 Å². The van der Waals surface area contributed by atoms with Crippen molar-refractivity contribution in [2.75, 3.05) is 19.6 Å². The van der Waals surface area contributed by atoms with Crippen molar-refractivity contribution in [3.05, 3.63) is 35.9 Å². The van der Waals surface area contributed by atoms with E-state index in [0.717, 1.165) is 5.56 Å². The van der Waals surface area contributed by atoms with Crippen molar-refractivity contribution in [1.82, 2.24) is 16.0 Å². The third kappa shape index (κ3) is 12.7. The van der Waals surface area contributed by atoms with Crippen molar-refractivity contribution in [2.45, 2.75) is 56.7 Å². The molecule has 0 aliphatic heterocycles. The van der Waals surface area contributed by atoms with Gasteiger partial charge in [0.2, 0.25) is 23.6 Å². The van der Waals surface area contributed by atoms with E-state index in [1.807, 2.05) is 30.3 Å². The molecular formula is C23H39N9O4. The van der Waals surface area contributed by atoms with E-state index in [1.165, 1.54) is 0 Å². The summed E-state index contributed by atoms with van der Waals surface area (Å²) in [6.45, 7) is 0.307. The van der Waals surface area contributed by atoms with Crippen molar-refractivity contribution >= 4 is 29.6 Å². The van der Waals surface area contributed by atoms with Gasteiger partial charge in [0, 0.05) is 6.54 Å². The first-order chi connectivity index (χ1) is 17.1. The SMILES string of the molecule is NCCCC[C@H](NC(=O)[C@@H](N)Cc1ccccc1)C(=O)NCC(=O)N[C@@H](CCCN=C(N)N)C(N)=O. The lowest BCUT2D eigenvalue weighted by Gasteiger charge is -2.21. The van der Waals surface area contributed by atoms with Crippen LogP contribution in [-0.4, -0.2) is 67.3 Å². The minimum absolute atomic E-state index is 0.0773. The highest BCUT2D eigenvalue weighted by Gasteiger charge is 2.25. The molecule has 0 unspecified atom stereocenters. The van der Waals surface area contributed by atoms with Gasteiger partial charge in [0.05, 0.1) is 12.6 Å². The van der Waals surface area contributed by atoms with Crippen LogP contribution in [0.5, 0.6) is 0 Å². The van der Waals surface area contributed by atoms with Crippen LogP contribution in [0.3, 0.4) is 0 Å². The Balaban J connectivity index is 2.63. The van der Waals surface area contributed by atoms with Crippen molar-refractivity contribution in [3.63, 3.8) is 0 Å². The average Bonchev–Trinajstić information content (AvgIpc) is 2.84. The van der Waals surface area contributed by atoms with Gasteiger partial charge in [-0.3, -0.25) is 24.2 Å². The van der Waals surface area contributed by atoms with Crippen LogP contribution in [0.2, 0.25) is 0 Å². The zero-order valence-electron chi connectivity index (χ0n) is 20.4. The van der Waals surface area contributed by atoms with Crippen molar-refractivity contribution in [1.29, 1.82) is 0 Å². The Morgan fingerprint density at radius 2 is 1.53 bits per heavy atom. The molecule has 200 valence electrons. The summed E-state index contributed by atoms with van der Waals surface area (Å²) in [5.41, 5.74) is 28.3. The normalized spacial score (nSPS) is 13.1. The molecule has 0 heterocycles. The smallest absolute Gasteiger partial charge is 0.243 e. The van der Waals surface area contributed by atoms with Gasteiger partial charge in [0.25, 0.3) is 0 Å². The van der Waals surface area contributed by atoms with Gasteiger partial charge in [0.1, 0.15) is 12.1 Å². The number of carbonyl (C=O) groups excluding carboxylic acids is 4. The third-order valence-corrected chi connectivity index (χ3v) is 5.26. The average molecular weight is 506 g/mol. The summed E-state index contributed by atoms with van der Waals surface area (Å²) in [4.78, 5) is 53.1. The molecule has 0 spiro atoms. The molecule has 1 rings (SSSR count). The molecule has 4 amide bonds. The fourth-order valence-electron chi connectivity index (χ4n) is 3.33. The van der Waals surface area contributed by atoms with Crippen LogP contribution in [0.25, 0.3) is 0 Å². The van der Waals surface area contributed by atoms with Gasteiger partial charge in [-0.15, -0.1) is 0 Å². The van der Waals surface area contributed by atoms with Gasteiger partial charge in [-0.25, -0.2) is 0 Å². The first-order valence-electron chi connectivity index (χ1n) is 11.9. The number of nitrogens with zero attached hydrogens (tertiary/aromatic N) is 1. The van der Waals surface area contributed by atoms with Crippen LogP contribution in [0.15, 0.2) is 35.3 Å². The molecule has 1 aromatic rings. The second kappa shape index (κ2) is 16.8. The van der Waals surface area contributed by atoms with E-state index < -0.39 is 48.3 Å². The Morgan fingerprint density at radius 1 is 0.861 bits per heavy atom. The first kappa shape index (κ1) is 30.3. The Morgan fingerprint density at radius 3 is 2.14 bits per heavy atom. The summed E-state index contributed by atoms with van der Waals surface area (Å²) < 4.78 is 0. The molecule has 0 saturated carbocycles. The lowest BCUT2D eigenvalue weighted by Crippen LogP contribution is -2.54. The van der Waals surface area contributed by atoms with Gasteiger partial charge >= 0.3 is 0 Å². The van der Waals surface area contributed by atoms with E-state index in [9.17, 15) is 19.2 Å². The van der Waals surface area contributed by atoms with Gasteiger partial charge in [0.15, 0.2) is 5.96 Å². The molecule has 0 fully saturated rings. The number of nitrogens with two attached hydrogens (primary N) is 5. The zero-order valence-corrected chi connectivity index (χ0v) is 20.4. The first-order valence-corrected chi connectivity index (χ1v) is 11.9. The summed E-state index contributed by atoms with van der Waals surface area (Å²) in [6.07, 6.45) is 2.53. The molecule has 0 aliphatic rings. The molecule has 0 saturated heterocycles. The molecule has 36 heavy (non-hydrogen) atoms. The number of benzene rings is 1. The summed E-state index contributed by atoms with van der Waals surface area (Å²) >= 11 is 0. The van der Waals surface area contributed by atoms with Gasteiger partial charge < -0.3 is 44.6 Å². The third-order valence-electron chi connectivity index (χ3n) is 5.26. The molecule has 0 aromatic heterocycles. The van der Waals surface area contributed by atoms with Crippen LogP contribution >= 0.6 is 0 Å². The number of amides is 4. The molecule has 13 heteroatoms. The molecule has 0 aliphatic carbocycles.